The van der Waals surface area contributed by atoms with E-state index in [1.54, 1.807) is 0 Å². The van der Waals surface area contributed by atoms with Crippen molar-refractivity contribution in [2.45, 2.75) is 17.9 Å². The quantitative estimate of drug-likeness (QED) is 0.571. The summed E-state index contributed by atoms with van der Waals surface area (Å²) in [4.78, 5) is 12.5. The molecule has 0 bridgehead atoms. The zero-order valence-corrected chi connectivity index (χ0v) is 20.0. The standard InChI is InChI=1S/C24H24N6OS2/c1-16-14-28(15-26-16)21-7-2-17(20-13-27-33-23(20)21)12-22-24-25-8-9-29(30(24)10-11-31-22)18-3-5-19(32)6-4-18/h2-7,12-13,15-16,32H,8-11,14H2,1H3/b22-12-. The van der Waals surface area contributed by atoms with Crippen LogP contribution in [-0.2, 0) is 4.74 Å². The fraction of sp³-hybridized carbons (Fsp3) is 0.292. The summed E-state index contributed by atoms with van der Waals surface area (Å²) < 4.78 is 11.8. The smallest absolute Gasteiger partial charge is 0.185 e. The number of hydrogen-bond donors (Lipinski definition) is 1. The zero-order valence-electron chi connectivity index (χ0n) is 18.3. The van der Waals surface area contributed by atoms with Gasteiger partial charge in [0.15, 0.2) is 11.6 Å². The van der Waals surface area contributed by atoms with Crippen LogP contribution in [0.3, 0.4) is 0 Å². The molecule has 0 amide bonds. The monoisotopic (exact) mass is 476 g/mol. The second kappa shape index (κ2) is 8.39. The Labute approximate surface area is 202 Å². The maximum absolute atomic E-state index is 6.13. The van der Waals surface area contributed by atoms with E-state index in [2.05, 4.69) is 74.2 Å². The third kappa shape index (κ3) is 3.75. The zero-order chi connectivity index (χ0) is 22.4. The Bertz CT molecular complexity index is 1280. The van der Waals surface area contributed by atoms with Crippen molar-refractivity contribution in [1.82, 2.24) is 9.38 Å². The third-order valence-corrected chi connectivity index (χ3v) is 7.21. The van der Waals surface area contributed by atoms with Crippen molar-refractivity contribution in [1.29, 1.82) is 0 Å². The van der Waals surface area contributed by atoms with Gasteiger partial charge in [-0.1, -0.05) is 6.07 Å². The van der Waals surface area contributed by atoms with Crippen LogP contribution in [0.1, 0.15) is 12.5 Å². The number of fused-ring (bicyclic) bond motifs is 2. The van der Waals surface area contributed by atoms with Gasteiger partial charge in [-0.3, -0.25) is 20.0 Å². The molecule has 9 heteroatoms. The van der Waals surface area contributed by atoms with Gasteiger partial charge in [-0.15, -0.1) is 12.6 Å². The SMILES string of the molecule is CC1CN(c2ccc(/C=C3\OCCN4C3=NCCN4c3ccc(S)cc3)c3cnsc23)C=N1. The van der Waals surface area contributed by atoms with E-state index in [1.165, 1.54) is 11.5 Å². The maximum atomic E-state index is 6.13. The molecule has 3 aromatic rings. The number of amidine groups is 1. The normalized spacial score (nSPS) is 21.5. The van der Waals surface area contributed by atoms with Gasteiger partial charge in [0.05, 0.1) is 48.1 Å². The van der Waals surface area contributed by atoms with Gasteiger partial charge in [0.25, 0.3) is 0 Å². The second-order valence-electron chi connectivity index (χ2n) is 8.33. The Morgan fingerprint density at radius 1 is 1.12 bits per heavy atom. The van der Waals surface area contributed by atoms with Gasteiger partial charge in [0, 0.05) is 23.0 Å². The van der Waals surface area contributed by atoms with Crippen LogP contribution < -0.4 is 9.91 Å². The van der Waals surface area contributed by atoms with Crippen molar-refractivity contribution >= 4 is 63.9 Å². The summed E-state index contributed by atoms with van der Waals surface area (Å²) in [6, 6.07) is 12.9. The van der Waals surface area contributed by atoms with Crippen molar-refractivity contribution in [3.05, 3.63) is 53.9 Å². The molecule has 0 N–H and O–H groups in total. The molecule has 33 heavy (non-hydrogen) atoms. The molecule has 6 rings (SSSR count). The summed E-state index contributed by atoms with van der Waals surface area (Å²) in [5, 5.41) is 5.63. The molecule has 2 aromatic carbocycles. The maximum Gasteiger partial charge on any atom is 0.185 e. The van der Waals surface area contributed by atoms with Gasteiger partial charge in [-0.25, -0.2) is 0 Å². The minimum absolute atomic E-state index is 0.313. The molecule has 0 radical (unpaired) electrons. The average Bonchev–Trinajstić information content (AvgIpc) is 3.49. The van der Waals surface area contributed by atoms with Crippen LogP contribution in [0.5, 0.6) is 0 Å². The van der Waals surface area contributed by atoms with Crippen LogP contribution in [0.2, 0.25) is 0 Å². The number of nitrogens with zero attached hydrogens (tertiary/aromatic N) is 6. The average molecular weight is 477 g/mol. The number of hydrazine groups is 1. The first-order chi connectivity index (χ1) is 16.2. The van der Waals surface area contributed by atoms with E-state index in [-0.39, 0.29) is 0 Å². The first-order valence-corrected chi connectivity index (χ1v) is 12.3. The van der Waals surface area contributed by atoms with Crippen molar-refractivity contribution in [2.24, 2.45) is 9.98 Å². The summed E-state index contributed by atoms with van der Waals surface area (Å²) in [7, 11) is 0. The van der Waals surface area contributed by atoms with Gasteiger partial charge >= 0.3 is 0 Å². The van der Waals surface area contributed by atoms with Gasteiger partial charge in [-0.2, -0.15) is 4.37 Å². The third-order valence-electron chi connectivity index (χ3n) is 6.09. The summed E-state index contributed by atoms with van der Waals surface area (Å²) in [5.74, 6) is 1.68. The van der Waals surface area contributed by atoms with Crippen LogP contribution in [0.15, 0.2) is 63.2 Å². The van der Waals surface area contributed by atoms with E-state index in [0.29, 0.717) is 12.6 Å². The lowest BCUT2D eigenvalue weighted by Crippen LogP contribution is -2.55. The molecular weight excluding hydrogens is 452 g/mol. The molecular formula is C24H24N6OS2. The van der Waals surface area contributed by atoms with Gasteiger partial charge < -0.3 is 9.64 Å². The number of ether oxygens (including phenoxy) is 1. The number of rotatable bonds is 3. The van der Waals surface area contributed by atoms with E-state index in [0.717, 1.165) is 69.7 Å². The minimum Gasteiger partial charge on any atom is -0.488 e. The molecule has 168 valence electrons. The fourth-order valence-electron chi connectivity index (χ4n) is 4.50. The molecule has 4 heterocycles. The number of anilines is 2. The van der Waals surface area contributed by atoms with E-state index in [4.69, 9.17) is 9.73 Å². The lowest BCUT2D eigenvalue weighted by Gasteiger charge is -2.43. The predicted molar refractivity (Wildman–Crippen MR) is 139 cm³/mol. The van der Waals surface area contributed by atoms with Gasteiger partial charge in [0.2, 0.25) is 0 Å². The summed E-state index contributed by atoms with van der Waals surface area (Å²) in [6.07, 6.45) is 5.98. The second-order valence-corrected chi connectivity index (χ2v) is 9.65. The van der Waals surface area contributed by atoms with Crippen molar-refractivity contribution in [3.8, 4) is 0 Å². The lowest BCUT2D eigenvalue weighted by molar-refractivity contribution is 0.160. The van der Waals surface area contributed by atoms with Gasteiger partial charge in [-0.05, 0) is 60.4 Å². The van der Waals surface area contributed by atoms with Crippen LogP contribution in [-0.4, -0.2) is 60.4 Å². The highest BCUT2D eigenvalue weighted by atomic mass is 32.1. The number of benzene rings is 2. The fourth-order valence-corrected chi connectivity index (χ4v) is 5.46. The predicted octanol–water partition coefficient (Wildman–Crippen LogP) is 4.33. The van der Waals surface area contributed by atoms with Crippen LogP contribution in [0.4, 0.5) is 11.4 Å². The Morgan fingerprint density at radius 2 is 2.00 bits per heavy atom. The van der Waals surface area contributed by atoms with E-state index >= 15 is 0 Å². The topological polar surface area (TPSA) is 56.6 Å². The lowest BCUT2D eigenvalue weighted by atomic mass is 10.1. The minimum atomic E-state index is 0.313. The number of morpholine rings is 1. The number of thiol groups is 1. The summed E-state index contributed by atoms with van der Waals surface area (Å²) in [6.45, 7) is 5.96. The first-order valence-electron chi connectivity index (χ1n) is 11.1. The molecule has 1 saturated heterocycles. The summed E-state index contributed by atoms with van der Waals surface area (Å²) >= 11 is 5.94. The molecule has 0 aliphatic carbocycles. The number of aromatic nitrogens is 1. The van der Waals surface area contributed by atoms with Gasteiger partial charge in [0.1, 0.15) is 6.61 Å². The Morgan fingerprint density at radius 3 is 2.82 bits per heavy atom. The number of hydrogen-bond acceptors (Lipinski definition) is 9. The molecule has 1 unspecified atom stereocenters. The van der Waals surface area contributed by atoms with Crippen LogP contribution >= 0.6 is 24.2 Å². The molecule has 7 nitrogen and oxygen atoms in total. The van der Waals surface area contributed by atoms with E-state index in [1.807, 2.05) is 24.7 Å². The first kappa shape index (κ1) is 20.6. The Balaban J connectivity index is 1.34. The van der Waals surface area contributed by atoms with Crippen molar-refractivity contribution < 1.29 is 4.74 Å². The highest BCUT2D eigenvalue weighted by Gasteiger charge is 2.31. The molecule has 1 aromatic heterocycles. The van der Waals surface area contributed by atoms with Crippen molar-refractivity contribution in [2.75, 3.05) is 42.7 Å². The van der Waals surface area contributed by atoms with E-state index < -0.39 is 0 Å². The molecule has 3 aliphatic rings. The van der Waals surface area contributed by atoms with Crippen LogP contribution in [0, 0.1) is 0 Å². The van der Waals surface area contributed by atoms with E-state index in [9.17, 15) is 0 Å². The largest absolute Gasteiger partial charge is 0.488 e. The molecule has 0 saturated carbocycles. The van der Waals surface area contributed by atoms with Crippen LogP contribution in [0.25, 0.3) is 16.2 Å². The van der Waals surface area contributed by atoms with Crippen molar-refractivity contribution in [3.63, 3.8) is 0 Å². The highest BCUT2D eigenvalue weighted by Crippen LogP contribution is 2.35. The molecule has 1 fully saturated rings. The molecule has 1 atom stereocenters. The number of aliphatic imine (C=N–C) groups is 2. The highest BCUT2D eigenvalue weighted by molar-refractivity contribution is 7.80. The molecule has 0 spiro atoms. The Hall–Kier alpha value is -3.04. The Kier molecular flexibility index (Phi) is 5.22. The summed E-state index contributed by atoms with van der Waals surface area (Å²) in [5.41, 5.74) is 3.38. The molecule has 3 aliphatic heterocycles.